The lowest BCUT2D eigenvalue weighted by molar-refractivity contribution is -0.122. The molecule has 4 rings (SSSR count). The van der Waals surface area contributed by atoms with Gasteiger partial charge in [-0.1, -0.05) is 12.1 Å². The minimum atomic E-state index is -0.860. The number of anilines is 2. The minimum absolute atomic E-state index is 0.253. The number of methoxy groups -OCH3 is 1. The molecule has 1 aliphatic heterocycles. The van der Waals surface area contributed by atoms with Gasteiger partial charge in [-0.3, -0.25) is 19.7 Å². The Kier molecular flexibility index (Phi) is 9.08. The maximum absolute atomic E-state index is 13.3. The van der Waals surface area contributed by atoms with Crippen molar-refractivity contribution >= 4 is 57.1 Å². The summed E-state index contributed by atoms with van der Waals surface area (Å²) in [6.45, 7) is 5.67. The number of barbiturate groups is 1. The Balaban J connectivity index is 1.58. The molecule has 5 amide bonds. The Morgan fingerprint density at radius 1 is 1.05 bits per heavy atom. The molecule has 2 N–H and O–H groups in total. The van der Waals surface area contributed by atoms with Gasteiger partial charge in [0.1, 0.15) is 11.3 Å². The van der Waals surface area contributed by atoms with Gasteiger partial charge in [0.05, 0.1) is 23.9 Å². The zero-order valence-electron chi connectivity index (χ0n) is 22.9. The Bertz CT molecular complexity index is 1550. The van der Waals surface area contributed by atoms with E-state index in [2.05, 4.69) is 26.6 Å². The molecule has 0 aromatic heterocycles. The van der Waals surface area contributed by atoms with E-state index in [9.17, 15) is 19.2 Å². The van der Waals surface area contributed by atoms with Gasteiger partial charge in [-0.25, -0.2) is 9.69 Å². The highest BCUT2D eigenvalue weighted by molar-refractivity contribution is 9.10. The molecule has 0 bridgehead atoms. The van der Waals surface area contributed by atoms with Crippen LogP contribution in [0.3, 0.4) is 0 Å². The Labute approximate surface area is 245 Å². The van der Waals surface area contributed by atoms with Crippen LogP contribution in [0.15, 0.2) is 64.6 Å². The summed E-state index contributed by atoms with van der Waals surface area (Å²) in [6.07, 6.45) is 1.35. The maximum Gasteiger partial charge on any atom is 0.335 e. The van der Waals surface area contributed by atoms with E-state index in [4.69, 9.17) is 14.2 Å². The second kappa shape index (κ2) is 12.7. The number of imide groups is 2. The highest BCUT2D eigenvalue weighted by atomic mass is 79.9. The van der Waals surface area contributed by atoms with Crippen LogP contribution in [0.2, 0.25) is 0 Å². The first-order valence-corrected chi connectivity index (χ1v) is 13.4. The number of nitrogens with zero attached hydrogens (tertiary/aromatic N) is 1. The van der Waals surface area contributed by atoms with Gasteiger partial charge >= 0.3 is 6.03 Å². The minimum Gasteiger partial charge on any atom is -0.497 e. The van der Waals surface area contributed by atoms with Crippen LogP contribution in [-0.2, 0) is 14.4 Å². The molecule has 41 heavy (non-hydrogen) atoms. The molecule has 1 fully saturated rings. The number of rotatable bonds is 9. The van der Waals surface area contributed by atoms with Crippen LogP contribution in [0.25, 0.3) is 6.08 Å². The van der Waals surface area contributed by atoms with Gasteiger partial charge in [-0.05, 0) is 102 Å². The van der Waals surface area contributed by atoms with Crippen molar-refractivity contribution in [3.63, 3.8) is 0 Å². The van der Waals surface area contributed by atoms with E-state index in [0.717, 1.165) is 16.0 Å². The van der Waals surface area contributed by atoms with E-state index in [1.165, 1.54) is 25.3 Å². The lowest BCUT2D eigenvalue weighted by Crippen LogP contribution is -2.54. The Morgan fingerprint density at radius 2 is 1.78 bits per heavy atom. The zero-order chi connectivity index (χ0) is 29.7. The highest BCUT2D eigenvalue weighted by Gasteiger charge is 2.37. The van der Waals surface area contributed by atoms with Gasteiger partial charge in [0.15, 0.2) is 18.1 Å². The highest BCUT2D eigenvalue weighted by Crippen LogP contribution is 2.38. The summed E-state index contributed by atoms with van der Waals surface area (Å²) >= 11 is 3.45. The average molecular weight is 622 g/mol. The molecule has 0 spiro atoms. The molecule has 3 aromatic rings. The van der Waals surface area contributed by atoms with E-state index in [1.54, 1.807) is 31.2 Å². The van der Waals surface area contributed by atoms with E-state index < -0.39 is 17.8 Å². The third kappa shape index (κ3) is 6.58. The number of hydrogen-bond acceptors (Lipinski definition) is 7. The fourth-order valence-corrected chi connectivity index (χ4v) is 4.65. The van der Waals surface area contributed by atoms with Crippen molar-refractivity contribution in [3.05, 3.63) is 81.3 Å². The summed E-state index contributed by atoms with van der Waals surface area (Å²) in [6, 6.07) is 14.2. The summed E-state index contributed by atoms with van der Waals surface area (Å²) in [7, 11) is 1.50. The van der Waals surface area contributed by atoms with E-state index in [-0.39, 0.29) is 36.1 Å². The number of ether oxygens (including phenoxy) is 3. The fraction of sp³-hybridized carbons (Fsp3) is 0.200. The van der Waals surface area contributed by atoms with Crippen LogP contribution in [0, 0.1) is 13.8 Å². The van der Waals surface area contributed by atoms with Gasteiger partial charge in [-0.15, -0.1) is 0 Å². The Hall–Kier alpha value is -4.64. The van der Waals surface area contributed by atoms with Crippen molar-refractivity contribution < 1.29 is 33.4 Å². The molecule has 3 aromatic carbocycles. The number of benzene rings is 3. The van der Waals surface area contributed by atoms with Crippen LogP contribution < -0.4 is 29.7 Å². The van der Waals surface area contributed by atoms with E-state index in [1.807, 2.05) is 32.0 Å². The topological polar surface area (TPSA) is 123 Å². The monoisotopic (exact) mass is 621 g/mol. The molecule has 0 aliphatic carbocycles. The third-order valence-corrected chi connectivity index (χ3v) is 6.89. The second-order valence-electron chi connectivity index (χ2n) is 9.00. The standard InChI is InChI=1S/C30H28BrN3O7/c1-5-40-25-15-19(14-23(31)27(25)41-16-26(35)32-24-8-6-7-17(2)18(24)3)13-22-28(36)33-30(38)34(29(22)37)20-9-11-21(39-4)12-10-20/h6-15H,5,16H2,1-4H3,(H,32,35)(H,33,36,38)/b22-13+. The number of nitrogens with one attached hydrogen (secondary N) is 2. The average Bonchev–Trinajstić information content (AvgIpc) is 2.93. The summed E-state index contributed by atoms with van der Waals surface area (Å²) < 4.78 is 17.1. The quantitative estimate of drug-likeness (QED) is 0.250. The molecule has 212 valence electrons. The number of halogens is 1. The van der Waals surface area contributed by atoms with Gasteiger partial charge < -0.3 is 19.5 Å². The number of carbonyl (C=O) groups is 4. The van der Waals surface area contributed by atoms with Crippen molar-refractivity contribution in [1.82, 2.24) is 5.32 Å². The van der Waals surface area contributed by atoms with Crippen LogP contribution >= 0.6 is 15.9 Å². The van der Waals surface area contributed by atoms with Crippen molar-refractivity contribution in [2.45, 2.75) is 20.8 Å². The smallest absolute Gasteiger partial charge is 0.335 e. The normalized spacial score (nSPS) is 14.1. The number of aryl methyl sites for hydroxylation is 1. The summed E-state index contributed by atoms with van der Waals surface area (Å²) in [5.41, 5.74) is 3.15. The number of carbonyl (C=O) groups excluding carboxylic acids is 4. The van der Waals surface area contributed by atoms with E-state index in [0.29, 0.717) is 27.2 Å². The van der Waals surface area contributed by atoms with Crippen molar-refractivity contribution in [3.8, 4) is 17.2 Å². The van der Waals surface area contributed by atoms with Gasteiger partial charge in [0.2, 0.25) is 0 Å². The third-order valence-electron chi connectivity index (χ3n) is 6.30. The molecule has 10 nitrogen and oxygen atoms in total. The lowest BCUT2D eigenvalue weighted by atomic mass is 10.1. The van der Waals surface area contributed by atoms with Crippen molar-refractivity contribution in [1.29, 1.82) is 0 Å². The fourth-order valence-electron chi connectivity index (χ4n) is 4.07. The SMILES string of the molecule is CCOc1cc(/C=C2\C(=O)NC(=O)N(c3ccc(OC)cc3)C2=O)cc(Br)c1OCC(=O)Nc1cccc(C)c1C. The summed E-state index contributed by atoms with van der Waals surface area (Å²) in [5, 5.41) is 5.04. The first-order chi connectivity index (χ1) is 19.6. The number of hydrogen-bond donors (Lipinski definition) is 2. The summed E-state index contributed by atoms with van der Waals surface area (Å²) in [4.78, 5) is 51.9. The van der Waals surface area contributed by atoms with Crippen LogP contribution in [-0.4, -0.2) is 44.1 Å². The van der Waals surface area contributed by atoms with Gasteiger partial charge in [0, 0.05) is 5.69 Å². The Morgan fingerprint density at radius 3 is 2.46 bits per heavy atom. The predicted octanol–water partition coefficient (Wildman–Crippen LogP) is 5.16. The molecule has 0 unspecified atom stereocenters. The molecule has 1 aliphatic rings. The van der Waals surface area contributed by atoms with Crippen LogP contribution in [0.1, 0.15) is 23.6 Å². The first-order valence-electron chi connectivity index (χ1n) is 12.6. The molecule has 11 heteroatoms. The van der Waals surface area contributed by atoms with Crippen LogP contribution in [0.4, 0.5) is 16.2 Å². The predicted molar refractivity (Wildman–Crippen MR) is 157 cm³/mol. The van der Waals surface area contributed by atoms with Crippen molar-refractivity contribution in [2.75, 3.05) is 30.5 Å². The zero-order valence-corrected chi connectivity index (χ0v) is 24.5. The molecule has 1 heterocycles. The lowest BCUT2D eigenvalue weighted by Gasteiger charge is -2.26. The largest absolute Gasteiger partial charge is 0.497 e. The second-order valence-corrected chi connectivity index (χ2v) is 9.86. The van der Waals surface area contributed by atoms with Crippen LogP contribution in [0.5, 0.6) is 17.2 Å². The summed E-state index contributed by atoms with van der Waals surface area (Å²) in [5.74, 6) is -0.862. The number of amides is 5. The maximum atomic E-state index is 13.3. The van der Waals surface area contributed by atoms with E-state index >= 15 is 0 Å². The van der Waals surface area contributed by atoms with Gasteiger partial charge in [0.25, 0.3) is 17.7 Å². The number of urea groups is 1. The molecule has 1 saturated heterocycles. The molecule has 0 radical (unpaired) electrons. The first kappa shape index (κ1) is 29.3. The molecule has 0 atom stereocenters. The molecular weight excluding hydrogens is 594 g/mol. The molecular formula is C30H28BrN3O7. The van der Waals surface area contributed by atoms with Crippen molar-refractivity contribution in [2.24, 2.45) is 0 Å². The van der Waals surface area contributed by atoms with Gasteiger partial charge in [-0.2, -0.15) is 0 Å². The molecule has 0 saturated carbocycles.